The van der Waals surface area contributed by atoms with Gasteiger partial charge in [-0.15, -0.1) is 0 Å². The summed E-state index contributed by atoms with van der Waals surface area (Å²) in [6.45, 7) is 0. The second-order valence-corrected chi connectivity index (χ2v) is 6.23. The highest BCUT2D eigenvalue weighted by molar-refractivity contribution is 9.10. The van der Waals surface area contributed by atoms with Gasteiger partial charge in [0.15, 0.2) is 5.16 Å². The van der Waals surface area contributed by atoms with Gasteiger partial charge in [0.05, 0.1) is 4.47 Å². The molecule has 23 heavy (non-hydrogen) atoms. The van der Waals surface area contributed by atoms with Gasteiger partial charge in [0.1, 0.15) is 11.7 Å². The zero-order valence-corrected chi connectivity index (χ0v) is 14.6. The van der Waals surface area contributed by atoms with E-state index >= 15 is 0 Å². The maximum Gasteiger partial charge on any atom is 0.326 e. The molecule has 6 nitrogen and oxygen atoms in total. The number of hydrogen-bond donors (Lipinski definition) is 2. The number of aromatic nitrogens is 2. The first kappa shape index (κ1) is 17.4. The van der Waals surface area contributed by atoms with Crippen molar-refractivity contribution in [3.05, 3.63) is 52.3 Å². The third-order valence-electron chi connectivity index (χ3n) is 3.01. The second-order valence-electron chi connectivity index (χ2n) is 4.61. The number of benzene rings is 1. The highest BCUT2D eigenvalue weighted by Crippen LogP contribution is 2.17. The van der Waals surface area contributed by atoms with E-state index in [0.717, 1.165) is 5.56 Å². The fraction of sp³-hybridized carbons (Fsp3) is 0.200. The molecule has 0 aliphatic rings. The van der Waals surface area contributed by atoms with Gasteiger partial charge in [0.25, 0.3) is 5.91 Å². The summed E-state index contributed by atoms with van der Waals surface area (Å²) in [7, 11) is 0. The number of amides is 1. The monoisotopic (exact) mass is 395 g/mol. The number of hydrogen-bond acceptors (Lipinski definition) is 5. The number of carbonyl (C=O) groups excluding carboxylic acids is 1. The highest BCUT2D eigenvalue weighted by atomic mass is 79.9. The number of thioether (sulfide) groups is 1. The van der Waals surface area contributed by atoms with Crippen LogP contribution in [0.3, 0.4) is 0 Å². The van der Waals surface area contributed by atoms with Crippen LogP contribution in [-0.2, 0) is 11.2 Å². The molecular formula is C15H14BrN3O3S. The SMILES string of the molecule is CSc1ncc(Br)c(C(=O)N[C@H](Cc2ccccc2)C(=O)O)n1. The van der Waals surface area contributed by atoms with Crippen LogP contribution in [0.2, 0.25) is 0 Å². The van der Waals surface area contributed by atoms with Gasteiger partial charge in [-0.1, -0.05) is 42.1 Å². The molecule has 0 spiro atoms. The standard InChI is InChI=1S/C15H14BrN3O3S/c1-23-15-17-8-10(16)12(19-15)13(20)18-11(14(21)22)7-9-5-3-2-4-6-9/h2-6,8,11H,7H2,1H3,(H,18,20)(H,21,22)/t11-/m1/s1. The zero-order chi connectivity index (χ0) is 16.8. The molecule has 1 heterocycles. The molecule has 0 radical (unpaired) electrons. The first-order valence-corrected chi connectivity index (χ1v) is 8.67. The summed E-state index contributed by atoms with van der Waals surface area (Å²) in [5.41, 5.74) is 0.940. The Bertz CT molecular complexity index is 712. The Morgan fingerprint density at radius 3 is 2.65 bits per heavy atom. The minimum Gasteiger partial charge on any atom is -0.480 e. The lowest BCUT2D eigenvalue weighted by molar-refractivity contribution is -0.139. The Kier molecular flexibility index (Phi) is 6.12. The number of nitrogens with zero attached hydrogens (tertiary/aromatic N) is 2. The van der Waals surface area contributed by atoms with E-state index in [0.29, 0.717) is 9.63 Å². The van der Waals surface area contributed by atoms with E-state index in [1.807, 2.05) is 30.3 Å². The minimum absolute atomic E-state index is 0.115. The summed E-state index contributed by atoms with van der Waals surface area (Å²) >= 11 is 4.51. The van der Waals surface area contributed by atoms with Crippen molar-refractivity contribution in [1.82, 2.24) is 15.3 Å². The van der Waals surface area contributed by atoms with Crippen LogP contribution in [0.5, 0.6) is 0 Å². The van der Waals surface area contributed by atoms with Crippen molar-refractivity contribution in [1.29, 1.82) is 0 Å². The van der Waals surface area contributed by atoms with Gasteiger partial charge in [-0.05, 0) is 27.7 Å². The van der Waals surface area contributed by atoms with Crippen LogP contribution >= 0.6 is 27.7 Å². The van der Waals surface area contributed by atoms with Crippen LogP contribution < -0.4 is 5.32 Å². The number of rotatable bonds is 6. The molecule has 1 aromatic heterocycles. The largest absolute Gasteiger partial charge is 0.480 e. The Hall–Kier alpha value is -1.93. The molecule has 1 amide bonds. The normalized spacial score (nSPS) is 11.7. The molecule has 1 atom stereocenters. The van der Waals surface area contributed by atoms with Gasteiger partial charge in [-0.25, -0.2) is 14.8 Å². The molecule has 0 unspecified atom stereocenters. The Labute approximate surface area is 145 Å². The number of halogens is 1. The summed E-state index contributed by atoms with van der Waals surface area (Å²) in [6, 6.07) is 8.08. The van der Waals surface area contributed by atoms with Gasteiger partial charge < -0.3 is 10.4 Å². The molecule has 8 heteroatoms. The zero-order valence-electron chi connectivity index (χ0n) is 12.2. The molecule has 2 N–H and O–H groups in total. The van der Waals surface area contributed by atoms with E-state index < -0.39 is 17.9 Å². The molecule has 0 fully saturated rings. The van der Waals surface area contributed by atoms with Crippen LogP contribution in [0.25, 0.3) is 0 Å². The number of aliphatic carboxylic acids is 1. The van der Waals surface area contributed by atoms with Crippen molar-refractivity contribution < 1.29 is 14.7 Å². The minimum atomic E-state index is -1.10. The molecule has 120 valence electrons. The average molecular weight is 396 g/mol. The first-order chi connectivity index (χ1) is 11.0. The number of carboxylic acid groups (broad SMARTS) is 1. The van der Waals surface area contributed by atoms with E-state index in [1.165, 1.54) is 18.0 Å². The second kappa shape index (κ2) is 8.07. The average Bonchev–Trinajstić information content (AvgIpc) is 2.55. The van der Waals surface area contributed by atoms with Crippen molar-refractivity contribution in [2.45, 2.75) is 17.6 Å². The summed E-state index contributed by atoms with van der Waals surface area (Å²) in [6.07, 6.45) is 3.46. The summed E-state index contributed by atoms with van der Waals surface area (Å²) in [5, 5.41) is 12.3. The Balaban J connectivity index is 2.17. The van der Waals surface area contributed by atoms with Gasteiger partial charge >= 0.3 is 5.97 Å². The van der Waals surface area contributed by atoms with Crippen molar-refractivity contribution in [3.8, 4) is 0 Å². The summed E-state index contributed by atoms with van der Waals surface area (Å²) in [5.74, 6) is -1.66. The van der Waals surface area contributed by atoms with Crippen molar-refractivity contribution in [3.63, 3.8) is 0 Å². The number of carbonyl (C=O) groups is 2. The van der Waals surface area contributed by atoms with E-state index in [1.54, 1.807) is 6.26 Å². The van der Waals surface area contributed by atoms with Crippen LogP contribution in [0.1, 0.15) is 16.1 Å². The fourth-order valence-corrected chi connectivity index (χ4v) is 2.60. The lowest BCUT2D eigenvalue weighted by Gasteiger charge is -2.15. The maximum absolute atomic E-state index is 12.3. The Morgan fingerprint density at radius 2 is 2.04 bits per heavy atom. The predicted octanol–water partition coefficient (Wildman–Crippen LogP) is 2.39. The van der Waals surface area contributed by atoms with Crippen molar-refractivity contribution in [2.75, 3.05) is 6.26 Å². The summed E-state index contributed by atoms with van der Waals surface area (Å²) in [4.78, 5) is 31.9. The lowest BCUT2D eigenvalue weighted by atomic mass is 10.1. The van der Waals surface area contributed by atoms with Gasteiger partial charge in [-0.2, -0.15) is 0 Å². The van der Waals surface area contributed by atoms with Gasteiger partial charge in [-0.3, -0.25) is 4.79 Å². The third kappa shape index (κ3) is 4.77. The molecule has 0 saturated heterocycles. The van der Waals surface area contributed by atoms with Gasteiger partial charge in [0.2, 0.25) is 0 Å². The maximum atomic E-state index is 12.3. The number of carboxylic acids is 1. The topological polar surface area (TPSA) is 92.2 Å². The van der Waals surface area contributed by atoms with E-state index in [4.69, 9.17) is 0 Å². The molecule has 2 aromatic rings. The van der Waals surface area contributed by atoms with Crippen molar-refractivity contribution >= 4 is 39.6 Å². The highest BCUT2D eigenvalue weighted by Gasteiger charge is 2.23. The molecule has 1 aromatic carbocycles. The van der Waals surface area contributed by atoms with Gasteiger partial charge in [0, 0.05) is 12.6 Å². The van der Waals surface area contributed by atoms with Crippen LogP contribution in [0.4, 0.5) is 0 Å². The van der Waals surface area contributed by atoms with E-state index in [9.17, 15) is 14.7 Å². The molecule has 0 aliphatic heterocycles. The van der Waals surface area contributed by atoms with Crippen molar-refractivity contribution in [2.24, 2.45) is 0 Å². The van der Waals surface area contributed by atoms with Crippen LogP contribution in [0.15, 0.2) is 46.2 Å². The summed E-state index contributed by atoms with van der Waals surface area (Å²) < 4.78 is 0.414. The van der Waals surface area contributed by atoms with E-state index in [-0.39, 0.29) is 12.1 Å². The lowest BCUT2D eigenvalue weighted by Crippen LogP contribution is -2.42. The molecule has 0 bridgehead atoms. The first-order valence-electron chi connectivity index (χ1n) is 6.65. The molecular weight excluding hydrogens is 382 g/mol. The third-order valence-corrected chi connectivity index (χ3v) is 4.15. The Morgan fingerprint density at radius 1 is 1.35 bits per heavy atom. The number of nitrogens with one attached hydrogen (secondary N) is 1. The smallest absolute Gasteiger partial charge is 0.326 e. The fourth-order valence-electron chi connectivity index (χ4n) is 1.89. The van der Waals surface area contributed by atoms with Crippen LogP contribution in [0, 0.1) is 0 Å². The van der Waals surface area contributed by atoms with E-state index in [2.05, 4.69) is 31.2 Å². The van der Waals surface area contributed by atoms with Crippen LogP contribution in [-0.4, -0.2) is 39.2 Å². The predicted molar refractivity (Wildman–Crippen MR) is 90.5 cm³/mol. The quantitative estimate of drug-likeness (QED) is 0.576. The molecule has 2 rings (SSSR count). The molecule has 0 saturated carbocycles. The molecule has 0 aliphatic carbocycles.